The molecule has 1 saturated carbocycles. The first kappa shape index (κ1) is 13.8. The van der Waals surface area contributed by atoms with Crippen molar-refractivity contribution in [3.05, 3.63) is 30.6 Å². The van der Waals surface area contributed by atoms with E-state index < -0.39 is 0 Å². The summed E-state index contributed by atoms with van der Waals surface area (Å²) < 4.78 is 2.25. The molecule has 0 unspecified atom stereocenters. The summed E-state index contributed by atoms with van der Waals surface area (Å²) in [6.07, 6.45) is 8.84. The van der Waals surface area contributed by atoms with E-state index in [1.54, 1.807) is 0 Å². The van der Waals surface area contributed by atoms with Crippen LogP contribution in [-0.4, -0.2) is 33.4 Å². The van der Waals surface area contributed by atoms with Crippen LogP contribution in [0.5, 0.6) is 0 Å². The van der Waals surface area contributed by atoms with Crippen molar-refractivity contribution in [1.29, 1.82) is 0 Å². The molecule has 116 valence electrons. The largest absolute Gasteiger partial charge is 0.341 e. The van der Waals surface area contributed by atoms with Gasteiger partial charge < -0.3 is 9.47 Å². The Balaban J connectivity index is 1.44. The van der Waals surface area contributed by atoms with Gasteiger partial charge in [0.2, 0.25) is 5.91 Å². The number of carbonyl (C=O) groups is 1. The number of benzene rings is 1. The van der Waals surface area contributed by atoms with E-state index in [0.717, 1.165) is 31.4 Å². The second-order valence-electron chi connectivity index (χ2n) is 6.78. The number of likely N-dealkylation sites (tertiary alicyclic amines) is 1. The minimum absolute atomic E-state index is 0.360. The normalized spacial score (nSPS) is 22.7. The van der Waals surface area contributed by atoms with Crippen LogP contribution in [0.15, 0.2) is 30.6 Å². The van der Waals surface area contributed by atoms with Crippen LogP contribution in [0.1, 0.15) is 44.6 Å². The highest BCUT2D eigenvalue weighted by Crippen LogP contribution is 2.30. The first-order valence-electron chi connectivity index (χ1n) is 8.50. The first-order valence-corrected chi connectivity index (χ1v) is 8.50. The van der Waals surface area contributed by atoms with E-state index in [4.69, 9.17) is 0 Å². The Labute approximate surface area is 131 Å². The third kappa shape index (κ3) is 2.51. The minimum atomic E-state index is 0.360. The number of hydrogen-bond acceptors (Lipinski definition) is 2. The lowest BCUT2D eigenvalue weighted by Crippen LogP contribution is -2.30. The molecule has 1 aliphatic heterocycles. The van der Waals surface area contributed by atoms with Crippen molar-refractivity contribution in [2.45, 2.75) is 44.6 Å². The monoisotopic (exact) mass is 297 g/mol. The lowest BCUT2D eigenvalue weighted by molar-refractivity contribution is -0.131. The molecule has 0 bridgehead atoms. The Morgan fingerprint density at radius 1 is 1.18 bits per heavy atom. The van der Waals surface area contributed by atoms with Gasteiger partial charge in [-0.15, -0.1) is 0 Å². The predicted octanol–water partition coefficient (Wildman–Crippen LogP) is 3.39. The van der Waals surface area contributed by atoms with Crippen molar-refractivity contribution in [2.75, 3.05) is 13.1 Å². The molecule has 0 radical (unpaired) electrons. The van der Waals surface area contributed by atoms with Gasteiger partial charge in [0.05, 0.1) is 23.4 Å². The van der Waals surface area contributed by atoms with Gasteiger partial charge in [0.15, 0.2) is 0 Å². The third-order valence-electron chi connectivity index (χ3n) is 5.33. The zero-order valence-corrected chi connectivity index (χ0v) is 12.9. The lowest BCUT2D eigenvalue weighted by Gasteiger charge is -2.19. The molecular formula is C18H23N3O. The molecule has 1 aliphatic carbocycles. The van der Waals surface area contributed by atoms with Crippen molar-refractivity contribution in [3.8, 4) is 0 Å². The van der Waals surface area contributed by atoms with Crippen LogP contribution in [0.4, 0.5) is 0 Å². The predicted molar refractivity (Wildman–Crippen MR) is 86.5 cm³/mol. The Kier molecular flexibility index (Phi) is 3.60. The summed E-state index contributed by atoms with van der Waals surface area (Å²) in [7, 11) is 0. The molecule has 2 aliphatic rings. The number of nitrogens with zero attached hydrogens (tertiary/aromatic N) is 3. The Morgan fingerprint density at radius 3 is 2.86 bits per heavy atom. The van der Waals surface area contributed by atoms with Crippen LogP contribution in [0.25, 0.3) is 11.0 Å². The van der Waals surface area contributed by atoms with Gasteiger partial charge in [-0.3, -0.25) is 4.79 Å². The number of imidazole rings is 1. The maximum Gasteiger partial charge on any atom is 0.222 e. The fourth-order valence-electron chi connectivity index (χ4n) is 4.06. The highest BCUT2D eigenvalue weighted by molar-refractivity contribution is 5.77. The van der Waals surface area contributed by atoms with Crippen LogP contribution in [0.2, 0.25) is 0 Å². The van der Waals surface area contributed by atoms with E-state index in [1.165, 1.54) is 31.2 Å². The van der Waals surface area contributed by atoms with Crippen LogP contribution in [0.3, 0.4) is 0 Å². The molecule has 4 heteroatoms. The van der Waals surface area contributed by atoms with Crippen molar-refractivity contribution < 1.29 is 4.79 Å². The topological polar surface area (TPSA) is 38.1 Å². The zero-order chi connectivity index (χ0) is 14.9. The molecule has 4 nitrogen and oxygen atoms in total. The van der Waals surface area contributed by atoms with Crippen LogP contribution >= 0.6 is 0 Å². The molecule has 1 aromatic heterocycles. The third-order valence-corrected chi connectivity index (χ3v) is 5.33. The quantitative estimate of drug-likeness (QED) is 0.871. The van der Waals surface area contributed by atoms with E-state index in [9.17, 15) is 4.79 Å². The second kappa shape index (κ2) is 5.75. The molecule has 0 N–H and O–H groups in total. The van der Waals surface area contributed by atoms with Crippen molar-refractivity contribution in [1.82, 2.24) is 14.5 Å². The average molecular weight is 297 g/mol. The van der Waals surface area contributed by atoms with Gasteiger partial charge >= 0.3 is 0 Å². The summed E-state index contributed by atoms with van der Waals surface area (Å²) in [5.74, 6) is 0.999. The highest BCUT2D eigenvalue weighted by Gasteiger charge is 2.29. The molecule has 2 heterocycles. The Morgan fingerprint density at radius 2 is 2.00 bits per heavy atom. The number of carbonyl (C=O) groups excluding carboxylic acids is 1. The van der Waals surface area contributed by atoms with Gasteiger partial charge in [0, 0.05) is 19.5 Å². The van der Waals surface area contributed by atoms with Crippen LogP contribution in [0, 0.1) is 5.92 Å². The summed E-state index contributed by atoms with van der Waals surface area (Å²) >= 11 is 0. The van der Waals surface area contributed by atoms with Crippen LogP contribution in [-0.2, 0) is 4.79 Å². The fourth-order valence-corrected chi connectivity index (χ4v) is 4.06. The summed E-state index contributed by atoms with van der Waals surface area (Å²) in [5, 5.41) is 0. The van der Waals surface area contributed by atoms with Crippen molar-refractivity contribution in [2.24, 2.45) is 5.92 Å². The average Bonchev–Trinajstić information content (AvgIpc) is 3.27. The number of hydrogen-bond donors (Lipinski definition) is 0. The summed E-state index contributed by atoms with van der Waals surface area (Å²) in [4.78, 5) is 19.0. The molecule has 1 saturated heterocycles. The minimum Gasteiger partial charge on any atom is -0.341 e. The maximum absolute atomic E-state index is 12.5. The molecule has 22 heavy (non-hydrogen) atoms. The SMILES string of the molecule is O=C(CC1CCCC1)N1CC[C@H](n2cnc3ccccc32)C1. The molecule has 1 amide bonds. The van der Waals surface area contributed by atoms with Gasteiger partial charge in [-0.05, 0) is 37.3 Å². The number of rotatable bonds is 3. The van der Waals surface area contributed by atoms with E-state index in [-0.39, 0.29) is 0 Å². The van der Waals surface area contributed by atoms with E-state index in [0.29, 0.717) is 17.9 Å². The molecule has 1 atom stereocenters. The van der Waals surface area contributed by atoms with Gasteiger partial charge in [-0.25, -0.2) is 4.98 Å². The van der Waals surface area contributed by atoms with Gasteiger partial charge in [0.1, 0.15) is 0 Å². The van der Waals surface area contributed by atoms with Gasteiger partial charge in [-0.2, -0.15) is 0 Å². The molecule has 2 fully saturated rings. The molecule has 0 spiro atoms. The number of fused-ring (bicyclic) bond motifs is 1. The zero-order valence-electron chi connectivity index (χ0n) is 12.9. The van der Waals surface area contributed by atoms with Gasteiger partial charge in [-0.1, -0.05) is 25.0 Å². The standard InChI is InChI=1S/C18H23N3O/c22-18(11-14-5-1-2-6-14)20-10-9-15(12-20)21-13-19-16-7-3-4-8-17(16)21/h3-4,7-8,13-15H,1-2,5-6,9-12H2/t15-/m0/s1. The summed E-state index contributed by atoms with van der Waals surface area (Å²) in [5.41, 5.74) is 2.22. The van der Waals surface area contributed by atoms with Crippen molar-refractivity contribution in [3.63, 3.8) is 0 Å². The van der Waals surface area contributed by atoms with Gasteiger partial charge in [0.25, 0.3) is 0 Å². The summed E-state index contributed by atoms with van der Waals surface area (Å²) in [6, 6.07) is 8.61. The molecular weight excluding hydrogens is 274 g/mol. The smallest absolute Gasteiger partial charge is 0.222 e. The fraction of sp³-hybridized carbons (Fsp3) is 0.556. The molecule has 4 rings (SSSR count). The van der Waals surface area contributed by atoms with E-state index in [1.807, 2.05) is 18.5 Å². The Bertz CT molecular complexity index is 672. The number of aromatic nitrogens is 2. The second-order valence-corrected chi connectivity index (χ2v) is 6.78. The highest BCUT2D eigenvalue weighted by atomic mass is 16.2. The molecule has 1 aromatic carbocycles. The first-order chi connectivity index (χ1) is 10.8. The number of para-hydroxylation sites is 2. The lowest BCUT2D eigenvalue weighted by atomic mass is 10.0. The van der Waals surface area contributed by atoms with E-state index >= 15 is 0 Å². The maximum atomic E-state index is 12.5. The van der Waals surface area contributed by atoms with E-state index in [2.05, 4.69) is 26.6 Å². The molecule has 2 aromatic rings. The Hall–Kier alpha value is -1.84. The van der Waals surface area contributed by atoms with Crippen molar-refractivity contribution >= 4 is 16.9 Å². The van der Waals surface area contributed by atoms with Crippen LogP contribution < -0.4 is 0 Å². The number of amides is 1. The summed E-state index contributed by atoms with van der Waals surface area (Å²) in [6.45, 7) is 1.73.